The van der Waals surface area contributed by atoms with Crippen LogP contribution in [0.1, 0.15) is 25.3 Å². The maximum atomic E-state index is 13.4. The van der Waals surface area contributed by atoms with Crippen LogP contribution in [-0.2, 0) is 16.0 Å². The van der Waals surface area contributed by atoms with Gasteiger partial charge in [0.1, 0.15) is 11.9 Å². The SMILES string of the molecule is CC(OCC1CC1)C(=O)NCCc1ccccc1F. The second-order valence-electron chi connectivity index (χ2n) is 5.05. The highest BCUT2D eigenvalue weighted by Crippen LogP contribution is 2.29. The van der Waals surface area contributed by atoms with Crippen molar-refractivity contribution in [3.63, 3.8) is 0 Å². The van der Waals surface area contributed by atoms with E-state index < -0.39 is 6.10 Å². The lowest BCUT2D eigenvalue weighted by molar-refractivity contribution is -0.131. The maximum Gasteiger partial charge on any atom is 0.248 e. The van der Waals surface area contributed by atoms with Gasteiger partial charge in [-0.05, 0) is 43.7 Å². The van der Waals surface area contributed by atoms with E-state index in [4.69, 9.17) is 4.74 Å². The number of carbonyl (C=O) groups excluding carboxylic acids is 1. The number of ether oxygens (including phenoxy) is 1. The number of benzene rings is 1. The Labute approximate surface area is 113 Å². The normalized spacial score (nSPS) is 16.1. The van der Waals surface area contributed by atoms with Gasteiger partial charge in [-0.1, -0.05) is 18.2 Å². The van der Waals surface area contributed by atoms with E-state index in [0.717, 1.165) is 0 Å². The molecule has 0 heterocycles. The minimum Gasteiger partial charge on any atom is -0.368 e. The zero-order valence-corrected chi connectivity index (χ0v) is 11.2. The van der Waals surface area contributed by atoms with Gasteiger partial charge in [0.25, 0.3) is 0 Å². The molecule has 1 aromatic rings. The number of halogens is 1. The van der Waals surface area contributed by atoms with E-state index in [0.29, 0.717) is 31.1 Å². The molecule has 1 aliphatic carbocycles. The molecule has 1 unspecified atom stereocenters. The second kappa shape index (κ2) is 6.66. The molecular formula is C15H20FNO2. The molecule has 104 valence electrons. The Hall–Kier alpha value is -1.42. The molecule has 1 amide bonds. The van der Waals surface area contributed by atoms with Crippen molar-refractivity contribution < 1.29 is 13.9 Å². The molecule has 1 saturated carbocycles. The van der Waals surface area contributed by atoms with E-state index in [2.05, 4.69) is 5.32 Å². The van der Waals surface area contributed by atoms with Crippen LogP contribution >= 0.6 is 0 Å². The van der Waals surface area contributed by atoms with Crippen molar-refractivity contribution in [2.45, 2.75) is 32.3 Å². The van der Waals surface area contributed by atoms with Crippen LogP contribution in [0, 0.1) is 11.7 Å². The first kappa shape index (κ1) is 14.0. The lowest BCUT2D eigenvalue weighted by Gasteiger charge is -2.13. The molecule has 2 rings (SSSR count). The van der Waals surface area contributed by atoms with Gasteiger partial charge in [-0.15, -0.1) is 0 Å². The van der Waals surface area contributed by atoms with Gasteiger partial charge in [-0.25, -0.2) is 4.39 Å². The minimum absolute atomic E-state index is 0.128. The molecule has 4 heteroatoms. The summed E-state index contributed by atoms with van der Waals surface area (Å²) in [5, 5.41) is 2.77. The van der Waals surface area contributed by atoms with E-state index >= 15 is 0 Å². The van der Waals surface area contributed by atoms with Crippen molar-refractivity contribution in [1.82, 2.24) is 5.32 Å². The smallest absolute Gasteiger partial charge is 0.248 e. The summed E-state index contributed by atoms with van der Waals surface area (Å²) in [5.74, 6) is 0.292. The lowest BCUT2D eigenvalue weighted by atomic mass is 10.1. The molecular weight excluding hydrogens is 245 g/mol. The van der Waals surface area contributed by atoms with Crippen LogP contribution < -0.4 is 5.32 Å². The Morgan fingerprint density at radius 2 is 2.21 bits per heavy atom. The summed E-state index contributed by atoms with van der Waals surface area (Å²) >= 11 is 0. The van der Waals surface area contributed by atoms with E-state index in [-0.39, 0.29) is 11.7 Å². The van der Waals surface area contributed by atoms with Crippen molar-refractivity contribution in [3.8, 4) is 0 Å². The van der Waals surface area contributed by atoms with Gasteiger partial charge in [-0.2, -0.15) is 0 Å². The first-order valence-corrected chi connectivity index (χ1v) is 6.79. The number of hydrogen-bond donors (Lipinski definition) is 1. The molecule has 0 aromatic heterocycles. The predicted octanol–water partition coefficient (Wildman–Crippen LogP) is 2.30. The van der Waals surface area contributed by atoms with Gasteiger partial charge in [0, 0.05) is 6.54 Å². The lowest BCUT2D eigenvalue weighted by Crippen LogP contribution is -2.36. The van der Waals surface area contributed by atoms with Gasteiger partial charge >= 0.3 is 0 Å². The highest BCUT2D eigenvalue weighted by molar-refractivity contribution is 5.80. The van der Waals surface area contributed by atoms with Crippen LogP contribution in [-0.4, -0.2) is 25.2 Å². The van der Waals surface area contributed by atoms with Crippen molar-refractivity contribution in [1.29, 1.82) is 0 Å². The highest BCUT2D eigenvalue weighted by Gasteiger charge is 2.23. The second-order valence-corrected chi connectivity index (χ2v) is 5.05. The molecule has 0 bridgehead atoms. The highest BCUT2D eigenvalue weighted by atomic mass is 19.1. The third-order valence-electron chi connectivity index (χ3n) is 3.30. The van der Waals surface area contributed by atoms with E-state index in [9.17, 15) is 9.18 Å². The molecule has 0 radical (unpaired) electrons. The summed E-state index contributed by atoms with van der Waals surface area (Å²) in [6, 6.07) is 6.61. The quantitative estimate of drug-likeness (QED) is 0.821. The zero-order chi connectivity index (χ0) is 13.7. The van der Waals surface area contributed by atoms with Crippen LogP contribution in [0.15, 0.2) is 24.3 Å². The van der Waals surface area contributed by atoms with Crippen molar-refractivity contribution in [3.05, 3.63) is 35.6 Å². The zero-order valence-electron chi connectivity index (χ0n) is 11.2. The number of amides is 1. The molecule has 19 heavy (non-hydrogen) atoms. The molecule has 1 N–H and O–H groups in total. The van der Waals surface area contributed by atoms with Crippen molar-refractivity contribution in [2.75, 3.05) is 13.2 Å². The van der Waals surface area contributed by atoms with E-state index in [1.807, 2.05) is 0 Å². The van der Waals surface area contributed by atoms with Crippen LogP contribution in [0.5, 0.6) is 0 Å². The average Bonchev–Trinajstić information content (AvgIpc) is 3.22. The number of nitrogens with one attached hydrogen (secondary N) is 1. The molecule has 1 aromatic carbocycles. The standard InChI is InChI=1S/C15H20FNO2/c1-11(19-10-12-6-7-12)15(18)17-9-8-13-4-2-3-5-14(13)16/h2-5,11-12H,6-10H2,1H3,(H,17,18). The Morgan fingerprint density at radius 3 is 2.89 bits per heavy atom. The fourth-order valence-corrected chi connectivity index (χ4v) is 1.81. The Balaban J connectivity index is 1.66. The summed E-state index contributed by atoms with van der Waals surface area (Å²) < 4.78 is 18.8. The molecule has 1 atom stereocenters. The molecule has 3 nitrogen and oxygen atoms in total. The van der Waals surface area contributed by atoms with Crippen LogP contribution in [0.2, 0.25) is 0 Å². The first-order valence-electron chi connectivity index (χ1n) is 6.79. The largest absolute Gasteiger partial charge is 0.368 e. The molecule has 0 aliphatic heterocycles. The van der Waals surface area contributed by atoms with Crippen LogP contribution in [0.4, 0.5) is 4.39 Å². The first-order chi connectivity index (χ1) is 9.16. The number of hydrogen-bond acceptors (Lipinski definition) is 2. The third kappa shape index (κ3) is 4.63. The summed E-state index contributed by atoms with van der Waals surface area (Å²) in [5.41, 5.74) is 0.620. The number of carbonyl (C=O) groups is 1. The Kier molecular flexibility index (Phi) is 4.91. The van der Waals surface area contributed by atoms with Gasteiger partial charge in [0.2, 0.25) is 5.91 Å². The third-order valence-corrected chi connectivity index (χ3v) is 3.30. The average molecular weight is 265 g/mol. The molecule has 0 saturated heterocycles. The Bertz CT molecular complexity index is 432. The predicted molar refractivity (Wildman–Crippen MR) is 71.3 cm³/mol. The van der Waals surface area contributed by atoms with Crippen LogP contribution in [0.25, 0.3) is 0 Å². The summed E-state index contributed by atoms with van der Waals surface area (Å²) in [4.78, 5) is 11.7. The number of rotatable bonds is 7. The Morgan fingerprint density at radius 1 is 1.47 bits per heavy atom. The van der Waals surface area contributed by atoms with Gasteiger partial charge in [0.15, 0.2) is 0 Å². The van der Waals surface area contributed by atoms with E-state index in [1.54, 1.807) is 25.1 Å². The van der Waals surface area contributed by atoms with E-state index in [1.165, 1.54) is 18.9 Å². The topological polar surface area (TPSA) is 38.3 Å². The fraction of sp³-hybridized carbons (Fsp3) is 0.533. The summed E-state index contributed by atoms with van der Waals surface area (Å²) in [7, 11) is 0. The minimum atomic E-state index is -0.429. The summed E-state index contributed by atoms with van der Waals surface area (Å²) in [6.45, 7) is 2.85. The van der Waals surface area contributed by atoms with Crippen molar-refractivity contribution >= 4 is 5.91 Å². The fourth-order valence-electron chi connectivity index (χ4n) is 1.81. The van der Waals surface area contributed by atoms with Crippen molar-refractivity contribution in [2.24, 2.45) is 5.92 Å². The molecule has 0 spiro atoms. The summed E-state index contributed by atoms with van der Waals surface area (Å²) in [6.07, 6.45) is 2.48. The monoisotopic (exact) mass is 265 g/mol. The maximum absolute atomic E-state index is 13.4. The molecule has 1 fully saturated rings. The van der Waals surface area contributed by atoms with Gasteiger partial charge < -0.3 is 10.1 Å². The van der Waals surface area contributed by atoms with Gasteiger partial charge in [-0.3, -0.25) is 4.79 Å². The van der Waals surface area contributed by atoms with Gasteiger partial charge in [0.05, 0.1) is 6.61 Å². The van der Waals surface area contributed by atoms with Crippen LogP contribution in [0.3, 0.4) is 0 Å². The molecule has 1 aliphatic rings.